The van der Waals surface area contributed by atoms with Crippen molar-refractivity contribution in [3.8, 4) is 0 Å². The van der Waals surface area contributed by atoms with Gasteiger partial charge in [-0.15, -0.1) is 12.4 Å². The number of benzene rings is 1. The van der Waals surface area contributed by atoms with E-state index in [-0.39, 0.29) is 30.1 Å². The first-order valence-electron chi connectivity index (χ1n) is 11.0. The van der Waals surface area contributed by atoms with Crippen LogP contribution in [0.25, 0.3) is 0 Å². The van der Waals surface area contributed by atoms with Crippen molar-refractivity contribution in [1.82, 2.24) is 10.6 Å². The highest BCUT2D eigenvalue weighted by Crippen LogP contribution is 2.26. The molecule has 0 spiro atoms. The lowest BCUT2D eigenvalue weighted by Crippen LogP contribution is -2.33. The Balaban J connectivity index is 0.00000300. The number of halogens is 1. The lowest BCUT2D eigenvalue weighted by molar-refractivity contribution is -0.122. The van der Waals surface area contributed by atoms with Crippen molar-refractivity contribution in [2.45, 2.75) is 64.8 Å². The molecule has 2 fully saturated rings. The normalized spacial score (nSPS) is 19.1. The number of hydrogen-bond donors (Lipinski definition) is 3. The fourth-order valence-electron chi connectivity index (χ4n) is 4.51. The first-order valence-corrected chi connectivity index (χ1v) is 11.0. The van der Waals surface area contributed by atoms with Crippen LogP contribution in [0.4, 0.5) is 5.69 Å². The van der Waals surface area contributed by atoms with E-state index in [9.17, 15) is 9.59 Å². The molecule has 3 N–H and O–H groups in total. The molecule has 29 heavy (non-hydrogen) atoms. The second-order valence-electron chi connectivity index (χ2n) is 8.57. The van der Waals surface area contributed by atoms with Gasteiger partial charge >= 0.3 is 0 Å². The third kappa shape index (κ3) is 7.63. The van der Waals surface area contributed by atoms with Gasteiger partial charge in [0.15, 0.2) is 0 Å². The predicted molar refractivity (Wildman–Crippen MR) is 120 cm³/mol. The van der Waals surface area contributed by atoms with Gasteiger partial charge in [0.05, 0.1) is 0 Å². The Labute approximate surface area is 181 Å². The molecular formula is C23H36ClN3O2. The highest BCUT2D eigenvalue weighted by Gasteiger charge is 2.22. The molecule has 1 aliphatic carbocycles. The summed E-state index contributed by atoms with van der Waals surface area (Å²) in [5.41, 5.74) is 1.84. The first kappa shape index (κ1) is 23.7. The molecule has 0 radical (unpaired) electrons. The minimum Gasteiger partial charge on any atom is -0.352 e. The number of nitrogens with one attached hydrogen (secondary N) is 3. The van der Waals surface area contributed by atoms with Gasteiger partial charge in [-0.2, -0.15) is 0 Å². The van der Waals surface area contributed by atoms with E-state index < -0.39 is 0 Å². The Bertz CT molecular complexity index is 655. The third-order valence-electron chi connectivity index (χ3n) is 6.36. The maximum absolute atomic E-state index is 12.4. The molecule has 2 amide bonds. The van der Waals surface area contributed by atoms with Gasteiger partial charge in [-0.25, -0.2) is 0 Å². The molecule has 2 aliphatic rings. The van der Waals surface area contributed by atoms with Gasteiger partial charge in [0.1, 0.15) is 0 Å². The molecule has 1 heterocycles. The number of anilines is 1. The van der Waals surface area contributed by atoms with E-state index in [1.165, 1.54) is 6.42 Å². The molecule has 0 bridgehead atoms. The van der Waals surface area contributed by atoms with E-state index in [0.717, 1.165) is 62.9 Å². The zero-order chi connectivity index (χ0) is 19.8. The van der Waals surface area contributed by atoms with E-state index in [4.69, 9.17) is 0 Å². The number of hydrogen-bond acceptors (Lipinski definition) is 3. The maximum Gasteiger partial charge on any atom is 0.227 e. The predicted octanol–water partition coefficient (Wildman–Crippen LogP) is 4.27. The molecule has 1 saturated heterocycles. The van der Waals surface area contributed by atoms with Crippen molar-refractivity contribution in [1.29, 1.82) is 0 Å². The van der Waals surface area contributed by atoms with Gasteiger partial charge in [0.2, 0.25) is 11.8 Å². The van der Waals surface area contributed by atoms with Crippen LogP contribution in [-0.4, -0.2) is 24.9 Å². The van der Waals surface area contributed by atoms with Crippen LogP contribution >= 0.6 is 12.4 Å². The van der Waals surface area contributed by atoms with Crippen LogP contribution in [-0.2, 0) is 16.1 Å². The molecule has 1 aromatic carbocycles. The SMILES string of the molecule is CC(CC(=O)NCc1cccc(NC(=O)C2CCCCC2)c1)C1CCNCC1.Cl. The molecule has 3 rings (SSSR count). The number of carbonyl (C=O) groups excluding carboxylic acids is 2. The zero-order valence-corrected chi connectivity index (χ0v) is 18.4. The summed E-state index contributed by atoms with van der Waals surface area (Å²) in [7, 11) is 0. The largest absolute Gasteiger partial charge is 0.352 e. The minimum absolute atomic E-state index is 0. The molecule has 162 valence electrons. The number of carbonyl (C=O) groups is 2. The van der Waals surface area contributed by atoms with Crippen molar-refractivity contribution < 1.29 is 9.59 Å². The van der Waals surface area contributed by atoms with Crippen LogP contribution < -0.4 is 16.0 Å². The Morgan fingerprint density at radius 3 is 2.55 bits per heavy atom. The molecule has 0 aromatic heterocycles. The molecule has 1 aromatic rings. The average molecular weight is 422 g/mol. The summed E-state index contributed by atoms with van der Waals surface area (Å²) in [4.78, 5) is 24.8. The van der Waals surface area contributed by atoms with E-state index in [2.05, 4.69) is 22.9 Å². The summed E-state index contributed by atoms with van der Waals surface area (Å²) in [6, 6.07) is 7.82. The van der Waals surface area contributed by atoms with E-state index >= 15 is 0 Å². The highest BCUT2D eigenvalue weighted by atomic mass is 35.5. The van der Waals surface area contributed by atoms with E-state index in [1.54, 1.807) is 0 Å². The lowest BCUT2D eigenvalue weighted by atomic mass is 9.84. The van der Waals surface area contributed by atoms with Gasteiger partial charge in [-0.1, -0.05) is 38.3 Å². The summed E-state index contributed by atoms with van der Waals surface area (Å²) in [6.07, 6.45) is 8.46. The van der Waals surface area contributed by atoms with Gasteiger partial charge in [0.25, 0.3) is 0 Å². The van der Waals surface area contributed by atoms with Gasteiger partial charge in [-0.3, -0.25) is 9.59 Å². The molecular weight excluding hydrogens is 386 g/mol. The van der Waals surface area contributed by atoms with Crippen LogP contribution in [0.3, 0.4) is 0 Å². The topological polar surface area (TPSA) is 70.2 Å². The first-order chi connectivity index (χ1) is 13.6. The van der Waals surface area contributed by atoms with Crippen molar-refractivity contribution in [2.24, 2.45) is 17.8 Å². The van der Waals surface area contributed by atoms with Crippen molar-refractivity contribution in [2.75, 3.05) is 18.4 Å². The standard InChI is InChI=1S/C23H35N3O2.ClH/c1-17(19-10-12-24-13-11-19)14-22(27)25-16-18-6-5-9-21(15-18)26-23(28)20-7-3-2-4-8-20;/h5-6,9,15,17,19-20,24H,2-4,7-8,10-14,16H2,1H3,(H,25,27)(H,26,28);1H. The Kier molecular flexibility index (Phi) is 9.95. The van der Waals surface area contributed by atoms with Crippen LogP contribution in [0.2, 0.25) is 0 Å². The lowest BCUT2D eigenvalue weighted by Gasteiger charge is -2.27. The van der Waals surface area contributed by atoms with E-state index in [1.807, 2.05) is 24.3 Å². The average Bonchev–Trinajstić information content (AvgIpc) is 2.74. The van der Waals surface area contributed by atoms with Crippen LogP contribution in [0, 0.1) is 17.8 Å². The fraction of sp³-hybridized carbons (Fsp3) is 0.652. The van der Waals surface area contributed by atoms with Gasteiger partial charge < -0.3 is 16.0 Å². The van der Waals surface area contributed by atoms with Gasteiger partial charge in [-0.05, 0) is 68.3 Å². The van der Waals surface area contributed by atoms with Crippen LogP contribution in [0.1, 0.15) is 63.9 Å². The summed E-state index contributed by atoms with van der Waals surface area (Å²) in [6.45, 7) is 4.83. The molecule has 1 unspecified atom stereocenters. The smallest absolute Gasteiger partial charge is 0.227 e. The second kappa shape index (κ2) is 12.2. The van der Waals surface area contributed by atoms with Crippen LogP contribution in [0.5, 0.6) is 0 Å². The van der Waals surface area contributed by atoms with E-state index in [0.29, 0.717) is 24.8 Å². The minimum atomic E-state index is 0. The highest BCUT2D eigenvalue weighted by molar-refractivity contribution is 5.92. The monoisotopic (exact) mass is 421 g/mol. The molecule has 1 saturated carbocycles. The van der Waals surface area contributed by atoms with Crippen LogP contribution in [0.15, 0.2) is 24.3 Å². The number of rotatable bonds is 7. The summed E-state index contributed by atoms with van der Waals surface area (Å²) in [5, 5.41) is 9.48. The van der Waals surface area contributed by atoms with Crippen molar-refractivity contribution >= 4 is 29.9 Å². The zero-order valence-electron chi connectivity index (χ0n) is 17.5. The fourth-order valence-corrected chi connectivity index (χ4v) is 4.51. The Morgan fingerprint density at radius 2 is 1.83 bits per heavy atom. The quantitative estimate of drug-likeness (QED) is 0.615. The Hall–Kier alpha value is -1.59. The summed E-state index contributed by atoms with van der Waals surface area (Å²) >= 11 is 0. The van der Waals surface area contributed by atoms with Crippen molar-refractivity contribution in [3.63, 3.8) is 0 Å². The third-order valence-corrected chi connectivity index (χ3v) is 6.36. The molecule has 6 heteroatoms. The molecule has 5 nitrogen and oxygen atoms in total. The molecule has 1 atom stereocenters. The second-order valence-corrected chi connectivity index (χ2v) is 8.57. The van der Waals surface area contributed by atoms with Crippen molar-refractivity contribution in [3.05, 3.63) is 29.8 Å². The number of piperidine rings is 1. The van der Waals surface area contributed by atoms with Gasteiger partial charge in [0, 0.05) is 24.6 Å². The Morgan fingerprint density at radius 1 is 1.10 bits per heavy atom. The summed E-state index contributed by atoms with van der Waals surface area (Å²) in [5.74, 6) is 1.46. The summed E-state index contributed by atoms with van der Waals surface area (Å²) < 4.78 is 0. The maximum atomic E-state index is 12.4. The number of amides is 2. The molecule has 1 aliphatic heterocycles.